The number of benzene rings is 1. The number of nitrogens with one attached hydrogen (secondary N) is 2. The van der Waals surface area contributed by atoms with Gasteiger partial charge in [0, 0.05) is 46.1 Å². The Labute approximate surface area is 194 Å². The van der Waals surface area contributed by atoms with Crippen LogP contribution in [-0.4, -0.2) is 26.4 Å². The van der Waals surface area contributed by atoms with E-state index in [0.717, 1.165) is 24.6 Å². The Morgan fingerprint density at radius 1 is 1.24 bits per heavy atom. The van der Waals surface area contributed by atoms with Gasteiger partial charge in [-0.15, -0.1) is 0 Å². The number of hydrogen-bond donors (Lipinski definition) is 2. The molecule has 0 amide bonds. The number of hydrogen-bond acceptors (Lipinski definition) is 5. The number of ether oxygens (including phenoxy) is 1. The smallest absolute Gasteiger partial charge is 0.253 e. The van der Waals surface area contributed by atoms with E-state index < -0.39 is 11.9 Å². The van der Waals surface area contributed by atoms with Gasteiger partial charge in [-0.05, 0) is 62.6 Å². The van der Waals surface area contributed by atoms with Gasteiger partial charge in [-0.2, -0.15) is 5.10 Å². The number of H-pyrrole nitrogens is 1. The van der Waals surface area contributed by atoms with Crippen molar-refractivity contribution in [3.63, 3.8) is 0 Å². The maximum absolute atomic E-state index is 15.6. The fourth-order valence-corrected chi connectivity index (χ4v) is 4.40. The second-order valence-electron chi connectivity index (χ2n) is 8.15. The van der Waals surface area contributed by atoms with Gasteiger partial charge in [-0.25, -0.2) is 14.1 Å². The van der Waals surface area contributed by atoms with Crippen molar-refractivity contribution in [3.05, 3.63) is 75.5 Å². The molecule has 0 aliphatic carbocycles. The summed E-state index contributed by atoms with van der Waals surface area (Å²) < 4.78 is 23.1. The van der Waals surface area contributed by atoms with Crippen LogP contribution in [-0.2, 0) is 4.74 Å². The van der Waals surface area contributed by atoms with Gasteiger partial charge in [0.25, 0.3) is 5.56 Å². The van der Waals surface area contributed by atoms with Gasteiger partial charge in [0.2, 0.25) is 0 Å². The molecule has 3 aromatic heterocycles. The van der Waals surface area contributed by atoms with Crippen LogP contribution in [0.1, 0.15) is 44.0 Å². The fourth-order valence-electron chi connectivity index (χ4n) is 4.21. The van der Waals surface area contributed by atoms with E-state index in [1.54, 1.807) is 54.2 Å². The topological polar surface area (TPSA) is 84.8 Å². The van der Waals surface area contributed by atoms with Crippen LogP contribution >= 0.6 is 11.6 Å². The zero-order chi connectivity index (χ0) is 22.9. The van der Waals surface area contributed by atoms with Crippen molar-refractivity contribution < 1.29 is 9.13 Å². The lowest BCUT2D eigenvalue weighted by Gasteiger charge is -2.24. The Hall–Kier alpha value is -3.23. The van der Waals surface area contributed by atoms with Gasteiger partial charge in [0.1, 0.15) is 0 Å². The lowest BCUT2D eigenvalue weighted by Crippen LogP contribution is -2.21. The first kappa shape index (κ1) is 21.6. The Morgan fingerprint density at radius 3 is 2.94 bits per heavy atom. The highest BCUT2D eigenvalue weighted by atomic mass is 35.5. The van der Waals surface area contributed by atoms with Gasteiger partial charge in [-0.3, -0.25) is 4.79 Å². The number of fused-ring (bicyclic) bond motifs is 1. The highest BCUT2D eigenvalue weighted by Gasteiger charge is 2.23. The average molecular weight is 468 g/mol. The lowest BCUT2D eigenvalue weighted by molar-refractivity contribution is -0.0383. The molecule has 1 unspecified atom stereocenters. The van der Waals surface area contributed by atoms with Crippen molar-refractivity contribution in [3.8, 4) is 11.3 Å². The van der Waals surface area contributed by atoms with Crippen LogP contribution in [0, 0.1) is 5.82 Å². The van der Waals surface area contributed by atoms with E-state index in [4.69, 9.17) is 16.3 Å². The third kappa shape index (κ3) is 4.24. The zero-order valence-corrected chi connectivity index (χ0v) is 18.8. The summed E-state index contributed by atoms with van der Waals surface area (Å²) in [5.74, 6) is -0.454. The molecule has 4 aromatic rings. The minimum Gasteiger partial charge on any atom is -0.361 e. The largest absolute Gasteiger partial charge is 0.361 e. The summed E-state index contributed by atoms with van der Waals surface area (Å²) in [6.45, 7) is 2.45. The summed E-state index contributed by atoms with van der Waals surface area (Å²) in [6.07, 6.45) is 5.86. The maximum Gasteiger partial charge on any atom is 0.253 e. The molecule has 7 nitrogen and oxygen atoms in total. The van der Waals surface area contributed by atoms with E-state index >= 15 is 4.39 Å². The average Bonchev–Trinajstić information content (AvgIpc) is 3.30. The first-order valence-corrected chi connectivity index (χ1v) is 11.3. The first-order chi connectivity index (χ1) is 16.0. The fraction of sp³-hybridized carbons (Fsp3) is 0.292. The summed E-state index contributed by atoms with van der Waals surface area (Å²) in [7, 11) is 0. The molecule has 1 saturated heterocycles. The Morgan fingerprint density at radius 2 is 2.12 bits per heavy atom. The number of aromatic amines is 1. The number of halogens is 2. The molecular weight excluding hydrogens is 445 g/mol. The van der Waals surface area contributed by atoms with Gasteiger partial charge in [0.15, 0.2) is 17.9 Å². The number of pyridine rings is 2. The molecule has 0 radical (unpaired) electrons. The third-order valence-corrected chi connectivity index (χ3v) is 6.15. The Balaban J connectivity index is 1.46. The molecule has 1 aliphatic heterocycles. The van der Waals surface area contributed by atoms with Crippen LogP contribution in [0.2, 0.25) is 5.02 Å². The van der Waals surface area contributed by atoms with Gasteiger partial charge < -0.3 is 15.0 Å². The zero-order valence-electron chi connectivity index (χ0n) is 18.0. The summed E-state index contributed by atoms with van der Waals surface area (Å²) >= 11 is 6.09. The van der Waals surface area contributed by atoms with Crippen LogP contribution in [0.25, 0.3) is 22.2 Å². The van der Waals surface area contributed by atoms with E-state index in [2.05, 4.69) is 20.4 Å². The summed E-state index contributed by atoms with van der Waals surface area (Å²) in [5.41, 5.74) is 1.87. The molecule has 5 rings (SSSR count). The van der Waals surface area contributed by atoms with Crippen molar-refractivity contribution in [2.45, 2.75) is 38.5 Å². The molecule has 2 N–H and O–H groups in total. The monoisotopic (exact) mass is 467 g/mol. The van der Waals surface area contributed by atoms with E-state index in [0.29, 0.717) is 34.0 Å². The summed E-state index contributed by atoms with van der Waals surface area (Å²) in [6, 6.07) is 9.89. The molecule has 0 saturated carbocycles. The quantitative estimate of drug-likeness (QED) is 0.407. The van der Waals surface area contributed by atoms with Crippen LogP contribution in [0.3, 0.4) is 0 Å². The molecule has 1 aromatic carbocycles. The highest BCUT2D eigenvalue weighted by molar-refractivity contribution is 6.31. The van der Waals surface area contributed by atoms with E-state index in [-0.39, 0.29) is 17.6 Å². The van der Waals surface area contributed by atoms with Crippen molar-refractivity contribution in [1.29, 1.82) is 0 Å². The van der Waals surface area contributed by atoms with Crippen molar-refractivity contribution in [2.75, 3.05) is 11.9 Å². The Kier molecular flexibility index (Phi) is 5.86. The molecule has 4 heterocycles. The second-order valence-corrected chi connectivity index (χ2v) is 8.59. The van der Waals surface area contributed by atoms with E-state index in [1.807, 2.05) is 0 Å². The van der Waals surface area contributed by atoms with Crippen LogP contribution in [0.5, 0.6) is 0 Å². The number of rotatable bonds is 5. The van der Waals surface area contributed by atoms with Crippen LogP contribution in [0.15, 0.2) is 53.6 Å². The summed E-state index contributed by atoms with van der Waals surface area (Å²) in [4.78, 5) is 19.7. The van der Waals surface area contributed by atoms with Crippen molar-refractivity contribution >= 4 is 28.3 Å². The van der Waals surface area contributed by atoms with Crippen LogP contribution < -0.4 is 10.9 Å². The number of nitrogens with zero attached hydrogens (tertiary/aromatic N) is 3. The molecule has 170 valence electrons. The maximum atomic E-state index is 15.6. The molecule has 2 atom stereocenters. The minimum absolute atomic E-state index is 0.0582. The highest BCUT2D eigenvalue weighted by Crippen LogP contribution is 2.32. The second kappa shape index (κ2) is 8.96. The molecule has 1 fully saturated rings. The van der Waals surface area contributed by atoms with E-state index in [1.165, 1.54) is 6.20 Å². The molecule has 33 heavy (non-hydrogen) atoms. The predicted octanol–water partition coefficient (Wildman–Crippen LogP) is 5.45. The standard InChI is InChI=1S/C24H23ClFN5O2/c1-14(18-13-15-12-16(25)5-6-19(15)30-24(18)32)29-23-22(26)17(7-9-27-23)20-8-10-28-31(20)21-4-2-3-11-33-21/h5-10,12-14,21H,2-4,11H2,1H3,(H,27,29)(H,30,32)/t14-,21?/m0/s1. The first-order valence-electron chi connectivity index (χ1n) is 10.9. The predicted molar refractivity (Wildman–Crippen MR) is 126 cm³/mol. The molecule has 0 bridgehead atoms. The number of anilines is 1. The van der Waals surface area contributed by atoms with Crippen molar-refractivity contribution in [1.82, 2.24) is 19.7 Å². The summed E-state index contributed by atoms with van der Waals surface area (Å²) in [5, 5.41) is 8.78. The third-order valence-electron chi connectivity index (χ3n) is 5.92. The van der Waals surface area contributed by atoms with Crippen molar-refractivity contribution in [2.24, 2.45) is 0 Å². The van der Waals surface area contributed by atoms with Gasteiger partial charge in [-0.1, -0.05) is 11.6 Å². The molecule has 9 heteroatoms. The van der Waals surface area contributed by atoms with Gasteiger partial charge >= 0.3 is 0 Å². The van der Waals surface area contributed by atoms with Crippen LogP contribution in [0.4, 0.5) is 10.2 Å². The number of aromatic nitrogens is 4. The molecule has 0 spiro atoms. The molecule has 1 aliphatic rings. The van der Waals surface area contributed by atoms with Gasteiger partial charge in [0.05, 0.1) is 11.7 Å². The lowest BCUT2D eigenvalue weighted by atomic mass is 10.1. The minimum atomic E-state index is -0.512. The Bertz CT molecular complexity index is 1360. The van der Waals surface area contributed by atoms with E-state index in [9.17, 15) is 4.79 Å². The normalized spacial score (nSPS) is 17.2. The SMILES string of the molecule is C[C@H](Nc1nccc(-c2ccnn2C2CCCCO2)c1F)c1cc2cc(Cl)ccc2[nH]c1=O. The molecular formula is C24H23ClFN5O2.